The van der Waals surface area contributed by atoms with E-state index in [2.05, 4.69) is 19.1 Å². The van der Waals surface area contributed by atoms with Crippen LogP contribution in [0, 0.1) is 0 Å². The van der Waals surface area contributed by atoms with Crippen molar-refractivity contribution >= 4 is 0 Å². The first kappa shape index (κ1) is 24.4. The molecule has 0 aliphatic heterocycles. The van der Waals surface area contributed by atoms with Crippen LogP contribution in [0.2, 0.25) is 0 Å². The molecule has 0 aromatic carbocycles. The Morgan fingerprint density at radius 3 is 1.50 bits per heavy atom. The zero-order chi connectivity index (χ0) is 16.7. The second-order valence-corrected chi connectivity index (χ2v) is 6.04. The maximum absolute atomic E-state index is 8.66. The van der Waals surface area contributed by atoms with Crippen molar-refractivity contribution in [1.29, 1.82) is 0 Å². The molecular formula is C18H37O3Ti. The van der Waals surface area contributed by atoms with E-state index in [-0.39, 0.29) is 0 Å². The van der Waals surface area contributed by atoms with Crippen LogP contribution >= 0.6 is 0 Å². The van der Waals surface area contributed by atoms with Crippen LogP contribution in [0.15, 0.2) is 12.2 Å². The van der Waals surface area contributed by atoms with Gasteiger partial charge in [0.15, 0.2) is 0 Å². The second-order valence-electron chi connectivity index (χ2n) is 5.75. The monoisotopic (exact) mass is 349 g/mol. The van der Waals surface area contributed by atoms with Crippen molar-refractivity contribution in [1.82, 2.24) is 0 Å². The Morgan fingerprint density at radius 2 is 1.09 bits per heavy atom. The van der Waals surface area contributed by atoms with Gasteiger partial charge in [0.2, 0.25) is 0 Å². The molecule has 0 unspecified atom stereocenters. The van der Waals surface area contributed by atoms with Gasteiger partial charge in [-0.2, -0.15) is 0 Å². The predicted molar refractivity (Wildman–Crippen MR) is 89.4 cm³/mol. The van der Waals surface area contributed by atoms with Gasteiger partial charge in [0, 0.05) is 6.61 Å². The zero-order valence-corrected chi connectivity index (χ0v) is 16.1. The second kappa shape index (κ2) is 26.1. The van der Waals surface area contributed by atoms with E-state index < -0.39 is 19.5 Å². The molecule has 2 N–H and O–H groups in total. The molecule has 0 bridgehead atoms. The van der Waals surface area contributed by atoms with Gasteiger partial charge in [0.1, 0.15) is 0 Å². The Balaban J connectivity index is 0. The Kier molecular flexibility index (Phi) is 29.0. The van der Waals surface area contributed by atoms with E-state index in [9.17, 15) is 0 Å². The van der Waals surface area contributed by atoms with Gasteiger partial charge < -0.3 is 5.11 Å². The van der Waals surface area contributed by atoms with E-state index in [1.807, 2.05) is 0 Å². The topological polar surface area (TPSA) is 57.5 Å². The molecular weight excluding hydrogens is 312 g/mol. The van der Waals surface area contributed by atoms with E-state index in [0.29, 0.717) is 6.61 Å². The summed E-state index contributed by atoms with van der Waals surface area (Å²) in [5.74, 6) is 0. The summed E-state index contributed by atoms with van der Waals surface area (Å²) in [6.07, 6.45) is 23.2. The fourth-order valence-electron chi connectivity index (χ4n) is 2.36. The van der Waals surface area contributed by atoms with Crippen molar-refractivity contribution in [2.24, 2.45) is 0 Å². The molecule has 4 heteroatoms. The molecule has 0 spiro atoms. The standard InChI is InChI=1S/C18H36O.H2O.O.Ti/c1-2-3-4-5-6-7-8-9-10-11-12-13-14-15-16-17-18-19;;;/h9-10,19H,2-8,11-18H2,1H3;1H2;;/q;;;+1/p-1/b10-9-;;;. The molecule has 0 rings (SSSR count). The van der Waals surface area contributed by atoms with Gasteiger partial charge in [-0.05, 0) is 32.1 Å². The molecule has 131 valence electrons. The van der Waals surface area contributed by atoms with Crippen molar-refractivity contribution < 1.29 is 31.6 Å². The predicted octanol–water partition coefficient (Wildman–Crippen LogP) is 5.34. The van der Waals surface area contributed by atoms with E-state index in [4.69, 9.17) is 12.1 Å². The molecule has 0 fully saturated rings. The van der Waals surface area contributed by atoms with Crippen molar-refractivity contribution in [2.75, 3.05) is 6.61 Å². The molecule has 0 aromatic rings. The van der Waals surface area contributed by atoms with Crippen LogP contribution in [-0.4, -0.2) is 15.4 Å². The van der Waals surface area contributed by atoms with E-state index in [0.717, 1.165) is 6.42 Å². The number of hydrogen-bond acceptors (Lipinski definition) is 2. The summed E-state index contributed by atoms with van der Waals surface area (Å²) in [5, 5.41) is 8.66. The summed E-state index contributed by atoms with van der Waals surface area (Å²) in [4.78, 5) is 0. The fourth-order valence-corrected chi connectivity index (χ4v) is 2.36. The number of unbranched alkanes of at least 4 members (excludes halogenated alkanes) is 12. The van der Waals surface area contributed by atoms with Gasteiger partial charge >= 0.3 is 26.5 Å². The van der Waals surface area contributed by atoms with Crippen LogP contribution in [0.1, 0.15) is 96.8 Å². The molecule has 0 heterocycles. The van der Waals surface area contributed by atoms with Gasteiger partial charge in [-0.3, -0.25) is 0 Å². The molecule has 0 atom stereocenters. The number of aliphatic hydroxyl groups excluding tert-OH is 1. The first-order chi connectivity index (χ1) is 10.8. The van der Waals surface area contributed by atoms with Gasteiger partial charge in [-0.15, -0.1) is 0 Å². The van der Waals surface area contributed by atoms with Crippen LogP contribution in [-0.2, 0) is 22.8 Å². The first-order valence-corrected chi connectivity index (χ1v) is 10.4. The third kappa shape index (κ3) is 28.4. The van der Waals surface area contributed by atoms with Gasteiger partial charge in [-0.1, -0.05) is 76.9 Å². The molecule has 22 heavy (non-hydrogen) atoms. The third-order valence-corrected chi connectivity index (χ3v) is 3.67. The molecule has 0 saturated heterocycles. The molecule has 0 aliphatic rings. The molecule has 0 aliphatic carbocycles. The van der Waals surface area contributed by atoms with Crippen molar-refractivity contribution in [3.8, 4) is 0 Å². The number of allylic oxidation sites excluding steroid dienone is 2. The molecule has 0 amide bonds. The van der Waals surface area contributed by atoms with Crippen LogP contribution in [0.4, 0.5) is 0 Å². The van der Waals surface area contributed by atoms with Crippen molar-refractivity contribution in [2.45, 2.75) is 96.8 Å². The summed E-state index contributed by atoms with van der Waals surface area (Å²) >= 11 is -1.75. The molecule has 3 nitrogen and oxygen atoms in total. The van der Waals surface area contributed by atoms with E-state index in [1.54, 1.807) is 0 Å². The summed E-state index contributed by atoms with van der Waals surface area (Å²) in [7, 11) is 0. The number of rotatable bonds is 15. The molecule has 0 aromatic heterocycles. The van der Waals surface area contributed by atoms with Gasteiger partial charge in [0.25, 0.3) is 0 Å². The summed E-state index contributed by atoms with van der Waals surface area (Å²) in [6, 6.07) is 0. The minimum atomic E-state index is -1.75. The fraction of sp³-hybridized carbons (Fsp3) is 0.889. The third-order valence-electron chi connectivity index (χ3n) is 3.67. The van der Waals surface area contributed by atoms with E-state index >= 15 is 0 Å². The van der Waals surface area contributed by atoms with Gasteiger partial charge in [-0.25, -0.2) is 0 Å². The molecule has 0 radical (unpaired) electrons. The molecule has 0 saturated carbocycles. The maximum atomic E-state index is 8.66. The van der Waals surface area contributed by atoms with Crippen LogP contribution in [0.5, 0.6) is 0 Å². The van der Waals surface area contributed by atoms with E-state index in [1.165, 1.54) is 83.5 Å². The van der Waals surface area contributed by atoms with Crippen molar-refractivity contribution in [3.05, 3.63) is 12.2 Å². The summed E-state index contributed by atoms with van der Waals surface area (Å²) < 4.78 is 15.8. The first-order valence-electron chi connectivity index (χ1n) is 9.10. The SMILES string of the molecule is CCCCCCCC/C=C\CCCCCCCCO.[O]=[Ti][OH]. The van der Waals surface area contributed by atoms with Crippen LogP contribution in [0.25, 0.3) is 0 Å². The average Bonchev–Trinajstić information content (AvgIpc) is 2.52. The van der Waals surface area contributed by atoms with Crippen LogP contribution in [0.3, 0.4) is 0 Å². The summed E-state index contributed by atoms with van der Waals surface area (Å²) in [6.45, 7) is 2.64. The Hall–Kier alpha value is 0.174. The quantitative estimate of drug-likeness (QED) is 0.238. The normalized spacial score (nSPS) is 10.3. The van der Waals surface area contributed by atoms with Gasteiger partial charge in [0.05, 0.1) is 0 Å². The van der Waals surface area contributed by atoms with Crippen LogP contribution < -0.4 is 0 Å². The Bertz CT molecular complexity index is 220. The minimum absolute atomic E-state index is 0.362. The van der Waals surface area contributed by atoms with Crippen molar-refractivity contribution in [3.63, 3.8) is 0 Å². The summed E-state index contributed by atoms with van der Waals surface area (Å²) in [5.41, 5.74) is 0. The Labute approximate surface area is 147 Å². The zero-order valence-electron chi connectivity index (χ0n) is 14.6. The number of hydrogen-bond donors (Lipinski definition) is 2. The Morgan fingerprint density at radius 1 is 0.727 bits per heavy atom. The average molecular weight is 349 g/mol. The number of aliphatic hydroxyl groups is 1.